The number of nitrogens with one attached hydrogen (secondary N) is 1. The monoisotopic (exact) mass is 589 g/mol. The summed E-state index contributed by atoms with van der Waals surface area (Å²) >= 11 is 0. The van der Waals surface area contributed by atoms with Gasteiger partial charge in [-0.15, -0.1) is 0 Å². The maximum Gasteiger partial charge on any atom is 0.519 e. The smallest absolute Gasteiger partial charge is 0.395 e. The number of hydrogen-bond donors (Lipinski definition) is 2. The molecule has 14 heteroatoms. The zero-order valence-corrected chi connectivity index (χ0v) is 23.7. The molecule has 5 rings (SSSR count). The summed E-state index contributed by atoms with van der Waals surface area (Å²) in [5.74, 6) is 0.117. The summed E-state index contributed by atoms with van der Waals surface area (Å²) in [6.07, 6.45) is 6.06. The molecule has 2 aliphatic rings. The van der Waals surface area contributed by atoms with E-state index in [1.807, 2.05) is 0 Å². The van der Waals surface area contributed by atoms with Crippen LogP contribution in [-0.4, -0.2) is 28.5 Å². The third kappa shape index (κ3) is 7.05. The molecule has 41 heavy (non-hydrogen) atoms. The summed E-state index contributed by atoms with van der Waals surface area (Å²) in [6, 6.07) is 4.60. The standard InChI is InChI=1S/C27H33FN5O7P/c1-17-8-9-19(12-21(17)28)13-37-41(35,38-14-22-24(40-27(34)39-22)20-6-4-3-5-7-20)16-36-11-10-33-15-30-23-18(2)31-26(29)32-25(23)33/h8-9,12,15,20H,2-7,10-11,13-14,16H2,1H3,(H3,29,31,32). The molecule has 3 N–H and O–H groups in total. The lowest BCUT2D eigenvalue weighted by molar-refractivity contribution is 0.113. The van der Waals surface area contributed by atoms with E-state index in [4.69, 9.17) is 28.4 Å². The molecule has 1 aromatic carbocycles. The first-order valence-electron chi connectivity index (χ1n) is 13.4. The molecule has 220 valence electrons. The lowest BCUT2D eigenvalue weighted by atomic mass is 9.87. The Kier molecular flexibility index (Phi) is 8.88. The summed E-state index contributed by atoms with van der Waals surface area (Å²) < 4.78 is 57.3. The van der Waals surface area contributed by atoms with Crippen molar-refractivity contribution in [1.82, 2.24) is 14.9 Å². The van der Waals surface area contributed by atoms with E-state index in [1.165, 1.54) is 6.07 Å². The normalized spacial score (nSPS) is 17.1. The van der Waals surface area contributed by atoms with E-state index in [9.17, 15) is 13.8 Å². The average molecular weight is 590 g/mol. The molecule has 0 bridgehead atoms. The molecule has 0 radical (unpaired) electrons. The minimum atomic E-state index is -3.92. The molecule has 1 aliphatic carbocycles. The van der Waals surface area contributed by atoms with Crippen molar-refractivity contribution in [2.45, 2.75) is 64.7 Å². The molecular weight excluding hydrogens is 556 g/mol. The van der Waals surface area contributed by atoms with Crippen LogP contribution in [0.5, 0.6) is 0 Å². The van der Waals surface area contributed by atoms with Gasteiger partial charge >= 0.3 is 13.4 Å². The molecule has 0 spiro atoms. The number of aryl methyl sites for hydroxylation is 1. The fourth-order valence-corrected chi connectivity index (χ4v) is 6.06. The van der Waals surface area contributed by atoms with Crippen LogP contribution < -0.4 is 16.9 Å². The van der Waals surface area contributed by atoms with Crippen molar-refractivity contribution in [2.75, 3.05) is 13.0 Å². The number of aromatic nitrogens is 2. The number of guanidine groups is 1. The quantitative estimate of drug-likeness (QED) is 0.217. The van der Waals surface area contributed by atoms with E-state index in [0.29, 0.717) is 40.6 Å². The van der Waals surface area contributed by atoms with Gasteiger partial charge in [-0.25, -0.2) is 14.2 Å². The first kappa shape index (κ1) is 29.0. The van der Waals surface area contributed by atoms with Crippen LogP contribution in [0.25, 0.3) is 5.70 Å². The van der Waals surface area contributed by atoms with Crippen LogP contribution in [0.15, 0.2) is 49.7 Å². The van der Waals surface area contributed by atoms with Crippen molar-refractivity contribution < 1.29 is 31.6 Å². The number of fused-ring (bicyclic) bond motifs is 1. The van der Waals surface area contributed by atoms with Gasteiger partial charge < -0.3 is 33.7 Å². The maximum absolute atomic E-state index is 14.1. The number of nitrogens with two attached hydrogens (primary N) is 1. The van der Waals surface area contributed by atoms with E-state index < -0.39 is 25.6 Å². The molecule has 3 aromatic rings. The Morgan fingerprint density at radius 2 is 2.00 bits per heavy atom. The highest BCUT2D eigenvalue weighted by molar-refractivity contribution is 7.53. The fraction of sp³-hybridized carbons (Fsp3) is 0.444. The highest BCUT2D eigenvalue weighted by Gasteiger charge is 2.30. The van der Waals surface area contributed by atoms with Gasteiger partial charge in [0.05, 0.1) is 25.2 Å². The molecule has 1 saturated carbocycles. The zero-order valence-electron chi connectivity index (χ0n) is 22.8. The second-order valence-corrected chi connectivity index (χ2v) is 12.1. The minimum Gasteiger partial charge on any atom is -0.395 e. The number of hydrogen-bond acceptors (Lipinski definition) is 11. The molecule has 0 amide bonds. The second-order valence-electron chi connectivity index (χ2n) is 10.1. The maximum atomic E-state index is 14.1. The third-order valence-corrected chi connectivity index (χ3v) is 8.58. The highest BCUT2D eigenvalue weighted by Crippen LogP contribution is 2.50. The Hall–Kier alpha value is -3.51. The van der Waals surface area contributed by atoms with E-state index in [1.54, 1.807) is 30.0 Å². The summed E-state index contributed by atoms with van der Waals surface area (Å²) in [5, 5.41) is 2.82. The van der Waals surface area contributed by atoms with Crippen LogP contribution in [-0.2, 0) is 38.1 Å². The molecule has 1 atom stereocenters. The Morgan fingerprint density at radius 1 is 1.22 bits per heavy atom. The van der Waals surface area contributed by atoms with Gasteiger partial charge in [-0.1, -0.05) is 38.0 Å². The van der Waals surface area contributed by atoms with Gasteiger partial charge in [0.15, 0.2) is 23.3 Å². The zero-order chi connectivity index (χ0) is 29.0. The van der Waals surface area contributed by atoms with Crippen LogP contribution in [0, 0.1) is 12.7 Å². The van der Waals surface area contributed by atoms with E-state index >= 15 is 0 Å². The summed E-state index contributed by atoms with van der Waals surface area (Å²) in [7, 11) is -3.92. The van der Waals surface area contributed by atoms with Crippen LogP contribution in [0.2, 0.25) is 0 Å². The Labute approximate surface area is 235 Å². The predicted molar refractivity (Wildman–Crippen MR) is 148 cm³/mol. The molecule has 1 aliphatic heterocycles. The molecular formula is C27H33FN5O7P. The molecule has 12 nitrogen and oxygen atoms in total. The van der Waals surface area contributed by atoms with E-state index in [2.05, 4.69) is 21.9 Å². The van der Waals surface area contributed by atoms with Gasteiger partial charge in [-0.3, -0.25) is 9.09 Å². The molecule has 1 unspecified atom stereocenters. The largest absolute Gasteiger partial charge is 0.519 e. The minimum absolute atomic E-state index is 0.0324. The SMILES string of the molecule is C=C1NC(N)=Nc2c1ncn2CCOCP(=O)(OCc1ccc(C)c(F)c1)OCc1oc(=O)oc1C1CCCCC1. The number of aliphatic imine (C=N–C) groups is 1. The highest BCUT2D eigenvalue weighted by atomic mass is 31.2. The number of benzene rings is 1. The Morgan fingerprint density at radius 3 is 2.78 bits per heavy atom. The molecule has 3 heterocycles. The molecule has 2 aromatic heterocycles. The van der Waals surface area contributed by atoms with Gasteiger partial charge in [0.2, 0.25) is 0 Å². The first-order chi connectivity index (χ1) is 19.7. The molecule has 0 saturated heterocycles. The number of nitrogens with zero attached hydrogens (tertiary/aromatic N) is 3. The van der Waals surface area contributed by atoms with Crippen molar-refractivity contribution >= 4 is 25.1 Å². The van der Waals surface area contributed by atoms with Crippen LogP contribution >= 0.6 is 7.60 Å². The number of ether oxygens (including phenoxy) is 1. The number of halogens is 1. The average Bonchev–Trinajstić information content (AvgIpc) is 3.54. The van der Waals surface area contributed by atoms with Crippen LogP contribution in [0.3, 0.4) is 0 Å². The van der Waals surface area contributed by atoms with E-state index in [-0.39, 0.29) is 37.5 Å². The van der Waals surface area contributed by atoms with Gasteiger partial charge in [-0.05, 0) is 37.0 Å². The lowest BCUT2D eigenvalue weighted by Gasteiger charge is -2.21. The van der Waals surface area contributed by atoms with Gasteiger partial charge in [0.25, 0.3) is 0 Å². The topological polar surface area (TPSA) is 156 Å². The van der Waals surface area contributed by atoms with Crippen molar-refractivity contribution in [3.63, 3.8) is 0 Å². The van der Waals surface area contributed by atoms with Gasteiger partial charge in [-0.2, -0.15) is 4.99 Å². The van der Waals surface area contributed by atoms with Crippen molar-refractivity contribution in [1.29, 1.82) is 0 Å². The Bertz CT molecular complexity index is 1540. The first-order valence-corrected chi connectivity index (χ1v) is 15.1. The van der Waals surface area contributed by atoms with Crippen molar-refractivity contribution in [2.24, 2.45) is 10.7 Å². The summed E-state index contributed by atoms with van der Waals surface area (Å²) in [5.41, 5.74) is 7.85. The second kappa shape index (κ2) is 12.6. The lowest BCUT2D eigenvalue weighted by Crippen LogP contribution is -2.32. The van der Waals surface area contributed by atoms with Crippen LogP contribution in [0.1, 0.15) is 66.4 Å². The Balaban J connectivity index is 1.26. The fourth-order valence-electron chi connectivity index (χ4n) is 4.83. The van der Waals surface area contributed by atoms with Gasteiger partial charge in [0.1, 0.15) is 24.5 Å². The number of rotatable bonds is 12. The number of imidazole rings is 1. The van der Waals surface area contributed by atoms with Crippen molar-refractivity contribution in [3.05, 3.63) is 75.9 Å². The third-order valence-electron chi connectivity index (χ3n) is 7.03. The van der Waals surface area contributed by atoms with Gasteiger partial charge in [0, 0.05) is 12.5 Å². The van der Waals surface area contributed by atoms with Crippen molar-refractivity contribution in [3.8, 4) is 0 Å². The summed E-state index contributed by atoms with van der Waals surface area (Å²) in [4.78, 5) is 20.5. The summed E-state index contributed by atoms with van der Waals surface area (Å²) in [6.45, 7) is 5.47. The van der Waals surface area contributed by atoms with Crippen LogP contribution in [0.4, 0.5) is 10.2 Å². The predicted octanol–water partition coefficient (Wildman–Crippen LogP) is 5.05. The van der Waals surface area contributed by atoms with E-state index in [0.717, 1.165) is 32.1 Å². The molecule has 1 fully saturated rings.